The summed E-state index contributed by atoms with van der Waals surface area (Å²) in [5.41, 5.74) is 0. The molecule has 0 aromatic carbocycles. The van der Waals surface area contributed by atoms with E-state index in [0.717, 1.165) is 0 Å². The number of piperazine rings is 1. The van der Waals surface area contributed by atoms with E-state index in [2.05, 4.69) is 5.32 Å². The van der Waals surface area contributed by atoms with Gasteiger partial charge in [0.1, 0.15) is 18.3 Å². The molecule has 1 saturated heterocycles. The van der Waals surface area contributed by atoms with Gasteiger partial charge < -0.3 is 9.32 Å². The van der Waals surface area contributed by atoms with E-state index in [1.54, 1.807) is 19.1 Å². The van der Waals surface area contributed by atoms with E-state index >= 15 is 0 Å². The van der Waals surface area contributed by atoms with E-state index in [0.29, 0.717) is 18.6 Å². The fourth-order valence-electron chi connectivity index (χ4n) is 2.11. The van der Waals surface area contributed by atoms with E-state index < -0.39 is 23.8 Å². The second-order valence-corrected chi connectivity index (χ2v) is 4.39. The molecule has 0 spiro atoms. The zero-order valence-electron chi connectivity index (χ0n) is 10.9. The van der Waals surface area contributed by atoms with Gasteiger partial charge in [0.25, 0.3) is 5.91 Å². The van der Waals surface area contributed by atoms with Gasteiger partial charge in [-0.2, -0.15) is 0 Å². The van der Waals surface area contributed by atoms with Crippen LogP contribution in [0, 0.1) is 0 Å². The van der Waals surface area contributed by atoms with Crippen molar-refractivity contribution >= 4 is 17.7 Å². The number of carbonyl (C=O) groups excluding carboxylic acids is 3. The highest BCUT2D eigenvalue weighted by Gasteiger charge is 2.36. The number of imide groups is 1. The highest BCUT2D eigenvalue weighted by atomic mass is 16.4. The summed E-state index contributed by atoms with van der Waals surface area (Å²) in [5, 5.41) is 2.23. The number of hydrogen-bond donors (Lipinski definition) is 1. The standard InChI is InChI=1S/C13H16N2O4/c1-3-8-5-6-10(19-8)13(18)15-7-11(16)14-12(17)9(15)4-2/h5-6,9H,3-4,7H2,1-2H3,(H,14,16,17). The molecule has 3 amide bonds. The molecule has 1 aromatic rings. The molecule has 1 aliphatic heterocycles. The largest absolute Gasteiger partial charge is 0.456 e. The third-order valence-electron chi connectivity index (χ3n) is 3.12. The third-order valence-corrected chi connectivity index (χ3v) is 3.12. The maximum absolute atomic E-state index is 12.3. The fraction of sp³-hybridized carbons (Fsp3) is 0.462. The zero-order chi connectivity index (χ0) is 14.0. The van der Waals surface area contributed by atoms with Crippen LogP contribution in [0.25, 0.3) is 0 Å². The molecule has 1 N–H and O–H groups in total. The summed E-state index contributed by atoms with van der Waals surface area (Å²) in [6.07, 6.45) is 1.14. The van der Waals surface area contributed by atoms with E-state index in [-0.39, 0.29) is 12.3 Å². The smallest absolute Gasteiger partial charge is 0.290 e. The van der Waals surface area contributed by atoms with Gasteiger partial charge >= 0.3 is 0 Å². The van der Waals surface area contributed by atoms with Crippen molar-refractivity contribution in [3.8, 4) is 0 Å². The first-order valence-corrected chi connectivity index (χ1v) is 6.30. The second kappa shape index (κ2) is 5.26. The van der Waals surface area contributed by atoms with Gasteiger partial charge in [-0.25, -0.2) is 0 Å². The van der Waals surface area contributed by atoms with E-state index in [4.69, 9.17) is 4.42 Å². The number of carbonyl (C=O) groups is 3. The first kappa shape index (κ1) is 13.3. The normalized spacial score (nSPS) is 19.5. The Labute approximate surface area is 110 Å². The molecule has 2 rings (SSSR count). The summed E-state index contributed by atoms with van der Waals surface area (Å²) in [4.78, 5) is 36.6. The molecular formula is C13H16N2O4. The molecule has 2 heterocycles. The summed E-state index contributed by atoms with van der Waals surface area (Å²) in [7, 11) is 0. The van der Waals surface area contributed by atoms with Crippen LogP contribution >= 0.6 is 0 Å². The van der Waals surface area contributed by atoms with Crippen molar-refractivity contribution < 1.29 is 18.8 Å². The van der Waals surface area contributed by atoms with Gasteiger partial charge in [0.2, 0.25) is 11.8 Å². The predicted molar refractivity (Wildman–Crippen MR) is 66.4 cm³/mol. The fourth-order valence-corrected chi connectivity index (χ4v) is 2.11. The maximum atomic E-state index is 12.3. The number of hydrogen-bond acceptors (Lipinski definition) is 4. The van der Waals surface area contributed by atoms with Gasteiger partial charge in [-0.1, -0.05) is 13.8 Å². The summed E-state index contributed by atoms with van der Waals surface area (Å²) < 4.78 is 5.38. The molecule has 1 fully saturated rings. The van der Waals surface area contributed by atoms with Gasteiger partial charge in [0, 0.05) is 6.42 Å². The van der Waals surface area contributed by atoms with Crippen molar-refractivity contribution in [2.45, 2.75) is 32.7 Å². The van der Waals surface area contributed by atoms with Crippen molar-refractivity contribution in [3.05, 3.63) is 23.7 Å². The topological polar surface area (TPSA) is 79.6 Å². The number of aryl methyl sites for hydroxylation is 1. The van der Waals surface area contributed by atoms with Crippen molar-refractivity contribution in [1.29, 1.82) is 0 Å². The number of amides is 3. The number of rotatable bonds is 3. The van der Waals surface area contributed by atoms with Crippen LogP contribution < -0.4 is 5.32 Å². The number of nitrogens with one attached hydrogen (secondary N) is 1. The van der Waals surface area contributed by atoms with Gasteiger partial charge in [0.05, 0.1) is 0 Å². The number of nitrogens with zero attached hydrogens (tertiary/aromatic N) is 1. The maximum Gasteiger partial charge on any atom is 0.290 e. The minimum atomic E-state index is -0.625. The molecule has 0 saturated carbocycles. The van der Waals surface area contributed by atoms with E-state index in [1.165, 1.54) is 4.90 Å². The van der Waals surface area contributed by atoms with Crippen LogP contribution in [-0.2, 0) is 16.0 Å². The first-order valence-electron chi connectivity index (χ1n) is 6.30. The van der Waals surface area contributed by atoms with Crippen LogP contribution in [0.15, 0.2) is 16.5 Å². The molecule has 0 aliphatic carbocycles. The lowest BCUT2D eigenvalue weighted by molar-refractivity contribution is -0.138. The average Bonchev–Trinajstić information content (AvgIpc) is 2.85. The molecule has 0 bridgehead atoms. The van der Waals surface area contributed by atoms with Crippen LogP contribution in [-0.4, -0.2) is 35.2 Å². The van der Waals surface area contributed by atoms with Gasteiger partial charge in [-0.15, -0.1) is 0 Å². The summed E-state index contributed by atoms with van der Waals surface area (Å²) in [5.74, 6) is -0.462. The molecule has 1 atom stereocenters. The Morgan fingerprint density at radius 3 is 2.74 bits per heavy atom. The van der Waals surface area contributed by atoms with Crippen LogP contribution in [0.3, 0.4) is 0 Å². The molecule has 1 aromatic heterocycles. The minimum absolute atomic E-state index is 0.120. The Bertz CT molecular complexity index is 520. The summed E-state index contributed by atoms with van der Waals surface area (Å²) in [6.45, 7) is 3.59. The molecule has 102 valence electrons. The lowest BCUT2D eigenvalue weighted by atomic mass is 10.1. The third kappa shape index (κ3) is 2.52. The van der Waals surface area contributed by atoms with Crippen LogP contribution in [0.4, 0.5) is 0 Å². The molecule has 0 radical (unpaired) electrons. The SMILES string of the molecule is CCc1ccc(C(=O)N2CC(=O)NC(=O)C2CC)o1. The molecule has 1 unspecified atom stereocenters. The molecule has 6 nitrogen and oxygen atoms in total. The summed E-state index contributed by atoms with van der Waals surface area (Å²) in [6, 6.07) is 2.67. The Hall–Kier alpha value is -2.11. The lowest BCUT2D eigenvalue weighted by Gasteiger charge is -2.32. The Morgan fingerprint density at radius 1 is 1.42 bits per heavy atom. The Morgan fingerprint density at radius 2 is 2.16 bits per heavy atom. The quantitative estimate of drug-likeness (QED) is 0.816. The van der Waals surface area contributed by atoms with Crippen molar-refractivity contribution in [3.63, 3.8) is 0 Å². The number of furan rings is 1. The first-order chi connectivity index (χ1) is 9.06. The minimum Gasteiger partial charge on any atom is -0.456 e. The van der Waals surface area contributed by atoms with Crippen molar-refractivity contribution in [1.82, 2.24) is 10.2 Å². The monoisotopic (exact) mass is 264 g/mol. The van der Waals surface area contributed by atoms with Crippen LogP contribution in [0.2, 0.25) is 0 Å². The van der Waals surface area contributed by atoms with E-state index in [1.807, 2.05) is 6.92 Å². The highest BCUT2D eigenvalue weighted by molar-refractivity contribution is 6.06. The zero-order valence-corrected chi connectivity index (χ0v) is 10.9. The van der Waals surface area contributed by atoms with Crippen LogP contribution in [0.5, 0.6) is 0 Å². The Balaban J connectivity index is 2.24. The summed E-state index contributed by atoms with van der Waals surface area (Å²) >= 11 is 0. The van der Waals surface area contributed by atoms with Gasteiger partial charge in [-0.3, -0.25) is 19.7 Å². The predicted octanol–water partition coefficient (Wildman–Crippen LogP) is 0.719. The molecule has 6 heteroatoms. The van der Waals surface area contributed by atoms with Gasteiger partial charge in [0.15, 0.2) is 5.76 Å². The van der Waals surface area contributed by atoms with Crippen LogP contribution in [0.1, 0.15) is 36.6 Å². The molecule has 19 heavy (non-hydrogen) atoms. The Kier molecular flexibility index (Phi) is 3.69. The highest BCUT2D eigenvalue weighted by Crippen LogP contribution is 2.16. The average molecular weight is 264 g/mol. The second-order valence-electron chi connectivity index (χ2n) is 4.39. The van der Waals surface area contributed by atoms with E-state index in [9.17, 15) is 14.4 Å². The van der Waals surface area contributed by atoms with Gasteiger partial charge in [-0.05, 0) is 18.6 Å². The van der Waals surface area contributed by atoms with Crippen molar-refractivity contribution in [2.75, 3.05) is 6.54 Å². The molecule has 1 aliphatic rings. The molecular weight excluding hydrogens is 248 g/mol. The lowest BCUT2D eigenvalue weighted by Crippen LogP contribution is -2.59. The van der Waals surface area contributed by atoms with Crippen molar-refractivity contribution in [2.24, 2.45) is 0 Å².